The Morgan fingerprint density at radius 3 is 2.59 bits per heavy atom. The molecule has 2 aliphatic carbocycles. The highest BCUT2D eigenvalue weighted by atomic mass is 16.5. The SMILES string of the molecule is COC(=O)C1C2C=CC(C2)C1c1ccccc1. The molecule has 0 spiro atoms. The summed E-state index contributed by atoms with van der Waals surface area (Å²) in [5, 5.41) is 0. The molecule has 2 nitrogen and oxygen atoms in total. The molecule has 1 aromatic rings. The third-order valence-corrected chi connectivity index (χ3v) is 4.12. The maximum Gasteiger partial charge on any atom is 0.309 e. The second kappa shape index (κ2) is 4.02. The molecular formula is C15H16O2. The van der Waals surface area contributed by atoms with E-state index in [1.807, 2.05) is 18.2 Å². The van der Waals surface area contributed by atoms with Gasteiger partial charge < -0.3 is 4.74 Å². The molecule has 88 valence electrons. The normalized spacial score (nSPS) is 33.9. The van der Waals surface area contributed by atoms with Gasteiger partial charge in [-0.25, -0.2) is 0 Å². The van der Waals surface area contributed by atoms with Crippen molar-refractivity contribution in [3.05, 3.63) is 48.0 Å². The number of ether oxygens (including phenoxy) is 1. The van der Waals surface area contributed by atoms with E-state index in [1.54, 1.807) is 0 Å². The van der Waals surface area contributed by atoms with Crippen molar-refractivity contribution in [1.29, 1.82) is 0 Å². The summed E-state index contributed by atoms with van der Waals surface area (Å²) < 4.78 is 4.97. The summed E-state index contributed by atoms with van der Waals surface area (Å²) in [5.41, 5.74) is 1.26. The van der Waals surface area contributed by atoms with E-state index < -0.39 is 0 Å². The quantitative estimate of drug-likeness (QED) is 0.574. The van der Waals surface area contributed by atoms with E-state index in [1.165, 1.54) is 12.7 Å². The Morgan fingerprint density at radius 2 is 1.88 bits per heavy atom. The first-order chi connectivity index (χ1) is 8.31. The summed E-state index contributed by atoms with van der Waals surface area (Å²) in [6.07, 6.45) is 5.55. The van der Waals surface area contributed by atoms with Crippen LogP contribution < -0.4 is 0 Å². The summed E-state index contributed by atoms with van der Waals surface area (Å²) >= 11 is 0. The van der Waals surface area contributed by atoms with Crippen molar-refractivity contribution in [3.8, 4) is 0 Å². The minimum absolute atomic E-state index is 0.0115. The Labute approximate surface area is 101 Å². The van der Waals surface area contributed by atoms with Gasteiger partial charge in [0.25, 0.3) is 0 Å². The van der Waals surface area contributed by atoms with Crippen LogP contribution in [0.25, 0.3) is 0 Å². The Balaban J connectivity index is 1.97. The molecule has 17 heavy (non-hydrogen) atoms. The molecule has 1 fully saturated rings. The van der Waals surface area contributed by atoms with Crippen molar-refractivity contribution in [3.63, 3.8) is 0 Å². The predicted octanol–water partition coefficient (Wildman–Crippen LogP) is 2.77. The standard InChI is InChI=1S/C15H16O2/c1-17-15(16)14-12-8-7-11(9-12)13(14)10-5-3-2-4-6-10/h2-8,11-14H,9H2,1H3. The zero-order valence-corrected chi connectivity index (χ0v) is 9.87. The van der Waals surface area contributed by atoms with E-state index in [0.717, 1.165) is 6.42 Å². The zero-order chi connectivity index (χ0) is 11.8. The summed E-state index contributed by atoms with van der Waals surface area (Å²) in [6, 6.07) is 10.3. The van der Waals surface area contributed by atoms with Crippen LogP contribution in [-0.2, 0) is 9.53 Å². The van der Waals surface area contributed by atoms with Gasteiger partial charge in [-0.15, -0.1) is 0 Å². The van der Waals surface area contributed by atoms with Crippen LogP contribution in [0.4, 0.5) is 0 Å². The molecule has 2 aliphatic rings. The van der Waals surface area contributed by atoms with Crippen molar-refractivity contribution in [2.45, 2.75) is 12.3 Å². The number of methoxy groups -OCH3 is 1. The van der Waals surface area contributed by atoms with Crippen LogP contribution in [0.2, 0.25) is 0 Å². The van der Waals surface area contributed by atoms with Gasteiger partial charge >= 0.3 is 5.97 Å². The topological polar surface area (TPSA) is 26.3 Å². The third-order valence-electron chi connectivity index (χ3n) is 4.12. The number of carbonyl (C=O) groups is 1. The van der Waals surface area contributed by atoms with Crippen molar-refractivity contribution >= 4 is 5.97 Å². The van der Waals surface area contributed by atoms with Gasteiger partial charge in [0.1, 0.15) is 0 Å². The van der Waals surface area contributed by atoms with Gasteiger partial charge in [-0.2, -0.15) is 0 Å². The number of fused-ring (bicyclic) bond motifs is 2. The lowest BCUT2D eigenvalue weighted by Gasteiger charge is -2.26. The predicted molar refractivity (Wildman–Crippen MR) is 65.4 cm³/mol. The molecule has 0 radical (unpaired) electrons. The lowest BCUT2D eigenvalue weighted by Crippen LogP contribution is -2.27. The molecule has 4 atom stereocenters. The fourth-order valence-corrected chi connectivity index (χ4v) is 3.41. The lowest BCUT2D eigenvalue weighted by molar-refractivity contribution is -0.146. The molecule has 1 saturated carbocycles. The maximum atomic E-state index is 11.9. The molecule has 0 amide bonds. The van der Waals surface area contributed by atoms with Crippen LogP contribution in [0.1, 0.15) is 17.9 Å². The molecule has 0 aliphatic heterocycles. The molecule has 0 heterocycles. The zero-order valence-electron chi connectivity index (χ0n) is 9.87. The van der Waals surface area contributed by atoms with Gasteiger partial charge in [0, 0.05) is 5.92 Å². The van der Waals surface area contributed by atoms with Gasteiger partial charge in [-0.3, -0.25) is 4.79 Å². The highest BCUT2D eigenvalue weighted by Gasteiger charge is 2.49. The molecule has 1 aromatic carbocycles. The fourth-order valence-electron chi connectivity index (χ4n) is 3.41. The van der Waals surface area contributed by atoms with Crippen LogP contribution in [0.15, 0.2) is 42.5 Å². The highest BCUT2D eigenvalue weighted by Crippen LogP contribution is 2.53. The fraction of sp³-hybridized carbons (Fsp3) is 0.400. The Kier molecular flexibility index (Phi) is 2.50. The van der Waals surface area contributed by atoms with Crippen LogP contribution in [0.3, 0.4) is 0 Å². The second-order valence-electron chi connectivity index (χ2n) is 4.93. The number of benzene rings is 1. The molecule has 2 bridgehead atoms. The van der Waals surface area contributed by atoms with Crippen LogP contribution in [0, 0.1) is 17.8 Å². The highest BCUT2D eigenvalue weighted by molar-refractivity contribution is 5.75. The lowest BCUT2D eigenvalue weighted by atomic mass is 9.78. The minimum atomic E-state index is -0.0595. The van der Waals surface area contributed by atoms with Gasteiger partial charge in [-0.05, 0) is 23.8 Å². The number of hydrogen-bond acceptors (Lipinski definition) is 2. The van der Waals surface area contributed by atoms with Gasteiger partial charge in [0.15, 0.2) is 0 Å². The Morgan fingerprint density at radius 1 is 1.18 bits per heavy atom. The number of carbonyl (C=O) groups excluding carboxylic acids is 1. The largest absolute Gasteiger partial charge is 0.469 e. The Hall–Kier alpha value is -1.57. The third kappa shape index (κ3) is 1.59. The van der Waals surface area contributed by atoms with Crippen molar-refractivity contribution < 1.29 is 9.53 Å². The van der Waals surface area contributed by atoms with E-state index in [4.69, 9.17) is 4.74 Å². The van der Waals surface area contributed by atoms with Crippen LogP contribution in [0.5, 0.6) is 0 Å². The number of hydrogen-bond donors (Lipinski definition) is 0. The monoisotopic (exact) mass is 228 g/mol. The average Bonchev–Trinajstić information content (AvgIpc) is 2.99. The van der Waals surface area contributed by atoms with Gasteiger partial charge in [-0.1, -0.05) is 42.5 Å². The molecule has 0 aromatic heterocycles. The Bertz CT molecular complexity index is 449. The second-order valence-corrected chi connectivity index (χ2v) is 4.93. The number of esters is 1. The first-order valence-corrected chi connectivity index (χ1v) is 6.12. The molecular weight excluding hydrogens is 212 g/mol. The van der Waals surface area contributed by atoms with Crippen molar-refractivity contribution in [1.82, 2.24) is 0 Å². The van der Waals surface area contributed by atoms with Gasteiger partial charge in [0.05, 0.1) is 13.0 Å². The van der Waals surface area contributed by atoms with E-state index in [-0.39, 0.29) is 11.9 Å². The first kappa shape index (κ1) is 10.6. The number of rotatable bonds is 2. The smallest absolute Gasteiger partial charge is 0.309 e. The maximum absolute atomic E-state index is 11.9. The van der Waals surface area contributed by atoms with E-state index in [2.05, 4.69) is 24.3 Å². The number of allylic oxidation sites excluding steroid dienone is 2. The van der Waals surface area contributed by atoms with Crippen molar-refractivity contribution in [2.75, 3.05) is 7.11 Å². The first-order valence-electron chi connectivity index (χ1n) is 6.12. The van der Waals surface area contributed by atoms with Crippen LogP contribution in [-0.4, -0.2) is 13.1 Å². The van der Waals surface area contributed by atoms with Crippen LogP contribution >= 0.6 is 0 Å². The van der Waals surface area contributed by atoms with Gasteiger partial charge in [0.2, 0.25) is 0 Å². The van der Waals surface area contributed by atoms with E-state index >= 15 is 0 Å². The summed E-state index contributed by atoms with van der Waals surface area (Å²) in [6.45, 7) is 0. The summed E-state index contributed by atoms with van der Waals surface area (Å²) in [7, 11) is 1.49. The molecule has 0 saturated heterocycles. The molecule has 2 heteroatoms. The van der Waals surface area contributed by atoms with Crippen molar-refractivity contribution in [2.24, 2.45) is 17.8 Å². The molecule has 3 rings (SSSR count). The molecule has 0 N–H and O–H groups in total. The summed E-state index contributed by atoms with van der Waals surface area (Å²) in [4.78, 5) is 11.9. The molecule has 4 unspecified atom stereocenters. The van der Waals surface area contributed by atoms with E-state index in [0.29, 0.717) is 17.8 Å². The average molecular weight is 228 g/mol. The minimum Gasteiger partial charge on any atom is -0.469 e. The summed E-state index contributed by atoms with van der Waals surface area (Å²) in [5.74, 6) is 1.14. The van der Waals surface area contributed by atoms with E-state index in [9.17, 15) is 4.79 Å².